The third-order valence-corrected chi connectivity index (χ3v) is 4.69. The number of carbonyl (C=O) groups excluding carboxylic acids is 2. The maximum atomic E-state index is 14.9. The van der Waals surface area contributed by atoms with Crippen molar-refractivity contribution in [2.75, 3.05) is 25.5 Å². The van der Waals surface area contributed by atoms with Crippen molar-refractivity contribution in [1.29, 1.82) is 0 Å². The molecule has 1 aliphatic rings. The summed E-state index contributed by atoms with van der Waals surface area (Å²) in [6.45, 7) is 9.79. The number of alkyl carbamates (subject to hydrolysis) is 1. The highest BCUT2D eigenvalue weighted by Crippen LogP contribution is 2.31. The van der Waals surface area contributed by atoms with Crippen LogP contribution in [0.2, 0.25) is 0 Å². The van der Waals surface area contributed by atoms with E-state index in [0.717, 1.165) is 5.56 Å². The fraction of sp³-hybridized carbons (Fsp3) is 0.619. The van der Waals surface area contributed by atoms with E-state index in [4.69, 9.17) is 4.74 Å². The van der Waals surface area contributed by atoms with Crippen LogP contribution in [0.5, 0.6) is 0 Å². The first-order valence-electron chi connectivity index (χ1n) is 9.67. The number of benzene rings is 1. The van der Waals surface area contributed by atoms with Gasteiger partial charge in [-0.15, -0.1) is 0 Å². The fourth-order valence-corrected chi connectivity index (χ4v) is 3.71. The Hall–Kier alpha value is -2.15. The van der Waals surface area contributed by atoms with Crippen LogP contribution >= 0.6 is 0 Å². The Kier molecular flexibility index (Phi) is 6.70. The van der Waals surface area contributed by atoms with Crippen molar-refractivity contribution in [1.82, 2.24) is 10.2 Å². The van der Waals surface area contributed by atoms with E-state index in [1.54, 1.807) is 26.8 Å². The highest BCUT2D eigenvalue weighted by Gasteiger charge is 2.36. The van der Waals surface area contributed by atoms with Gasteiger partial charge in [-0.1, -0.05) is 19.9 Å². The number of nitrogens with zero attached hydrogens (tertiary/aromatic N) is 2. The zero-order valence-corrected chi connectivity index (χ0v) is 17.9. The molecular formula is C21H32FN3O3. The number of rotatable bonds is 5. The molecule has 7 heteroatoms. The minimum atomic E-state index is -0.709. The van der Waals surface area contributed by atoms with E-state index >= 15 is 0 Å². The Balaban J connectivity index is 2.14. The first kappa shape index (κ1) is 22.1. The van der Waals surface area contributed by atoms with E-state index < -0.39 is 23.6 Å². The minimum absolute atomic E-state index is 0.0828. The molecule has 0 radical (unpaired) electrons. The van der Waals surface area contributed by atoms with Gasteiger partial charge in [0, 0.05) is 12.6 Å². The average molecular weight is 394 g/mol. The topological polar surface area (TPSA) is 61.9 Å². The van der Waals surface area contributed by atoms with Gasteiger partial charge in [0.2, 0.25) is 5.91 Å². The molecular weight excluding hydrogens is 361 g/mol. The molecule has 1 aromatic rings. The molecule has 0 spiro atoms. The zero-order valence-electron chi connectivity index (χ0n) is 17.9. The van der Waals surface area contributed by atoms with Gasteiger partial charge in [0.1, 0.15) is 17.5 Å². The van der Waals surface area contributed by atoms with Gasteiger partial charge in [0.05, 0.1) is 5.69 Å². The molecule has 1 heterocycles. The summed E-state index contributed by atoms with van der Waals surface area (Å²) < 4.78 is 20.1. The molecule has 1 fully saturated rings. The normalized spacial score (nSPS) is 18.7. The van der Waals surface area contributed by atoms with E-state index in [0.29, 0.717) is 18.9 Å². The van der Waals surface area contributed by atoms with Crippen molar-refractivity contribution in [3.8, 4) is 0 Å². The Labute approximate surface area is 167 Å². The Morgan fingerprint density at radius 1 is 1.32 bits per heavy atom. The number of carbonyl (C=O) groups is 2. The second-order valence-corrected chi connectivity index (χ2v) is 8.84. The number of nitrogens with one attached hydrogen (secondary N) is 1. The monoisotopic (exact) mass is 393 g/mol. The number of halogens is 1. The third-order valence-electron chi connectivity index (χ3n) is 4.69. The van der Waals surface area contributed by atoms with Crippen LogP contribution in [0.4, 0.5) is 14.9 Å². The molecule has 0 saturated carbocycles. The molecule has 0 bridgehead atoms. The summed E-state index contributed by atoms with van der Waals surface area (Å²) in [5.74, 6) is -0.446. The molecule has 1 aliphatic heterocycles. The lowest BCUT2D eigenvalue weighted by Gasteiger charge is -2.29. The average Bonchev–Trinajstić information content (AvgIpc) is 2.86. The summed E-state index contributed by atoms with van der Waals surface area (Å²) >= 11 is 0. The van der Waals surface area contributed by atoms with Crippen molar-refractivity contribution < 1.29 is 18.7 Å². The number of ether oxygens (including phenoxy) is 1. The SMILES string of the molecule is CC(C)C(c1ccc(N2CCC(NC(=O)OC(C)(C)C)C2=O)c(F)c1)N(C)C. The van der Waals surface area contributed by atoms with E-state index in [2.05, 4.69) is 24.1 Å². The van der Waals surface area contributed by atoms with Crippen molar-refractivity contribution in [2.24, 2.45) is 5.92 Å². The highest BCUT2D eigenvalue weighted by molar-refractivity contribution is 6.01. The van der Waals surface area contributed by atoms with Crippen molar-refractivity contribution in [3.05, 3.63) is 29.6 Å². The molecule has 2 atom stereocenters. The van der Waals surface area contributed by atoms with Gasteiger partial charge in [-0.3, -0.25) is 4.79 Å². The van der Waals surface area contributed by atoms with E-state index in [1.165, 1.54) is 11.0 Å². The number of anilines is 1. The summed E-state index contributed by atoms with van der Waals surface area (Å²) in [7, 11) is 3.93. The van der Waals surface area contributed by atoms with Crippen molar-refractivity contribution >= 4 is 17.7 Å². The Bertz CT molecular complexity index is 720. The minimum Gasteiger partial charge on any atom is -0.444 e. The molecule has 2 amide bonds. The first-order valence-corrected chi connectivity index (χ1v) is 9.67. The van der Waals surface area contributed by atoms with Crippen LogP contribution in [-0.4, -0.2) is 49.2 Å². The standard InChI is InChI=1S/C21H32FN3O3/c1-13(2)18(24(6)7)14-8-9-17(15(22)12-14)25-11-10-16(19(25)26)23-20(27)28-21(3,4)5/h8-9,12-13,16,18H,10-11H2,1-7H3,(H,23,27). The second kappa shape index (κ2) is 8.47. The molecule has 1 saturated heterocycles. The van der Waals surface area contributed by atoms with Crippen LogP contribution in [0.25, 0.3) is 0 Å². The lowest BCUT2D eigenvalue weighted by molar-refractivity contribution is -0.118. The van der Waals surface area contributed by atoms with Gasteiger partial charge < -0.3 is 19.9 Å². The predicted octanol–water partition coefficient (Wildman–Crippen LogP) is 3.71. The van der Waals surface area contributed by atoms with Crippen LogP contribution in [-0.2, 0) is 9.53 Å². The van der Waals surface area contributed by atoms with Gasteiger partial charge >= 0.3 is 6.09 Å². The zero-order chi connectivity index (χ0) is 21.2. The smallest absolute Gasteiger partial charge is 0.408 e. The van der Waals surface area contributed by atoms with E-state index in [-0.39, 0.29) is 17.6 Å². The maximum Gasteiger partial charge on any atom is 0.408 e. The molecule has 1 N–H and O–H groups in total. The van der Waals surface area contributed by atoms with Crippen molar-refractivity contribution in [2.45, 2.75) is 58.7 Å². The lowest BCUT2D eigenvalue weighted by Crippen LogP contribution is -2.44. The molecule has 28 heavy (non-hydrogen) atoms. The van der Waals surface area contributed by atoms with Crippen molar-refractivity contribution in [3.63, 3.8) is 0 Å². The van der Waals surface area contributed by atoms with Crippen LogP contribution in [0.1, 0.15) is 52.6 Å². The van der Waals surface area contributed by atoms with Crippen LogP contribution in [0.15, 0.2) is 18.2 Å². The molecule has 156 valence electrons. The first-order chi connectivity index (χ1) is 12.9. The van der Waals surface area contributed by atoms with Gasteiger partial charge in [-0.05, 0) is 64.9 Å². The van der Waals surface area contributed by atoms with Crippen LogP contribution in [0, 0.1) is 11.7 Å². The summed E-state index contributed by atoms with van der Waals surface area (Å²) in [4.78, 5) is 28.1. The fourth-order valence-electron chi connectivity index (χ4n) is 3.71. The molecule has 2 unspecified atom stereocenters. The molecule has 2 rings (SSSR count). The molecule has 1 aromatic carbocycles. The number of hydrogen-bond acceptors (Lipinski definition) is 4. The Morgan fingerprint density at radius 3 is 2.46 bits per heavy atom. The summed E-state index contributed by atoms with van der Waals surface area (Å²) in [6.07, 6.45) is -0.236. The second-order valence-electron chi connectivity index (χ2n) is 8.84. The summed E-state index contributed by atoms with van der Waals surface area (Å²) in [6, 6.07) is 4.39. The summed E-state index contributed by atoms with van der Waals surface area (Å²) in [5.41, 5.74) is 0.465. The number of hydrogen-bond donors (Lipinski definition) is 1. The summed E-state index contributed by atoms with van der Waals surface area (Å²) in [5, 5.41) is 2.58. The predicted molar refractivity (Wildman–Crippen MR) is 108 cm³/mol. The van der Waals surface area contributed by atoms with Gasteiger partial charge in [-0.25, -0.2) is 9.18 Å². The molecule has 0 aliphatic carbocycles. The van der Waals surface area contributed by atoms with Gasteiger partial charge in [0.25, 0.3) is 0 Å². The van der Waals surface area contributed by atoms with Gasteiger partial charge in [-0.2, -0.15) is 0 Å². The quantitative estimate of drug-likeness (QED) is 0.828. The third kappa shape index (κ3) is 5.22. The number of amides is 2. The van der Waals surface area contributed by atoms with Crippen LogP contribution in [0.3, 0.4) is 0 Å². The van der Waals surface area contributed by atoms with E-state index in [1.807, 2.05) is 20.2 Å². The lowest BCUT2D eigenvalue weighted by atomic mass is 9.94. The Morgan fingerprint density at radius 2 is 1.96 bits per heavy atom. The maximum absolute atomic E-state index is 14.9. The molecule has 6 nitrogen and oxygen atoms in total. The highest BCUT2D eigenvalue weighted by atomic mass is 19.1. The van der Waals surface area contributed by atoms with E-state index in [9.17, 15) is 14.0 Å². The largest absolute Gasteiger partial charge is 0.444 e. The molecule has 0 aromatic heterocycles. The van der Waals surface area contributed by atoms with Gasteiger partial charge in [0.15, 0.2) is 0 Å². The van der Waals surface area contributed by atoms with Crippen LogP contribution < -0.4 is 10.2 Å².